The molecule has 2 aromatic carbocycles. The Morgan fingerprint density at radius 2 is 0.939 bits per heavy atom. The molecule has 2 unspecified atom stereocenters. The molecule has 318 valence electrons. The Kier molecular flexibility index (Phi) is 9.13. The van der Waals surface area contributed by atoms with Gasteiger partial charge in [-0.15, -0.1) is 22.7 Å². The highest BCUT2D eigenvalue weighted by Gasteiger charge is 2.50. The van der Waals surface area contributed by atoms with Gasteiger partial charge in [-0.2, -0.15) is 21.0 Å². The van der Waals surface area contributed by atoms with E-state index in [9.17, 15) is 30.6 Å². The molecule has 4 heterocycles. The number of carbonyl (C=O) groups excluding carboxylic acids is 2. The lowest BCUT2D eigenvalue weighted by atomic mass is 9.73. The molecule has 2 aliphatic heterocycles. The monoisotopic (exact) mass is 896 g/mol. The van der Waals surface area contributed by atoms with E-state index >= 15 is 0 Å². The number of carbonyl (C=O) groups is 2. The quantitative estimate of drug-likeness (QED) is 0.139. The first kappa shape index (κ1) is 40.1. The lowest BCUT2D eigenvalue weighted by Gasteiger charge is -2.45. The summed E-state index contributed by atoms with van der Waals surface area (Å²) in [5, 5.41) is 41.1. The zero-order chi connectivity index (χ0) is 44.9. The van der Waals surface area contributed by atoms with E-state index in [0.717, 1.165) is 108 Å². The third-order valence-corrected chi connectivity index (χ3v) is 16.4. The summed E-state index contributed by atoms with van der Waals surface area (Å²) in [5.41, 5.74) is 5.52. The summed E-state index contributed by atoms with van der Waals surface area (Å²) in [6, 6.07) is 22.3. The number of nitriles is 4. The summed E-state index contributed by atoms with van der Waals surface area (Å²) in [6.07, 6.45) is 21.9. The topological polar surface area (TPSA) is 174 Å². The van der Waals surface area contributed by atoms with Gasteiger partial charge in [0, 0.05) is 56.4 Å². The Bertz CT molecular complexity index is 3120. The Labute approximate surface area is 388 Å². The van der Waals surface area contributed by atoms with Crippen LogP contribution < -0.4 is 0 Å². The van der Waals surface area contributed by atoms with Crippen LogP contribution in [0.5, 0.6) is 0 Å². The maximum Gasteiger partial charge on any atom is 0.194 e. The number of allylic oxidation sites excluding steroid dienone is 12. The number of fused-ring (bicyclic) bond motifs is 11. The van der Waals surface area contributed by atoms with Gasteiger partial charge in [0.15, 0.2) is 22.8 Å². The molecule has 2 aromatic heterocycles. The molecule has 2 spiro atoms. The van der Waals surface area contributed by atoms with Crippen molar-refractivity contribution in [2.45, 2.75) is 75.4 Å². The van der Waals surface area contributed by atoms with Crippen LogP contribution in [0.15, 0.2) is 107 Å². The molecule has 2 saturated carbocycles. The number of Topliss-reactive ketones (excluding diaryl/α,β-unsaturated/α-hetero) is 2. The average molecular weight is 897 g/mol. The fraction of sp³-hybridized carbons (Fsp3) is 0.259. The Morgan fingerprint density at radius 1 is 0.561 bits per heavy atom. The zero-order valence-electron chi connectivity index (χ0n) is 35.4. The Hall–Kier alpha value is -7.48. The Morgan fingerprint density at radius 3 is 1.32 bits per heavy atom. The number of ether oxygens (including phenoxy) is 2. The van der Waals surface area contributed by atoms with Crippen molar-refractivity contribution in [3.63, 3.8) is 0 Å². The number of rotatable bonds is 2. The number of hydrogen-bond acceptors (Lipinski definition) is 12. The second kappa shape index (κ2) is 15.0. The van der Waals surface area contributed by atoms with Crippen molar-refractivity contribution in [2.24, 2.45) is 11.8 Å². The van der Waals surface area contributed by atoms with Crippen LogP contribution in [0.4, 0.5) is 0 Å². The summed E-state index contributed by atoms with van der Waals surface area (Å²) in [5.74, 6) is 1.02. The van der Waals surface area contributed by atoms with E-state index in [1.54, 1.807) is 60.7 Å². The number of thiazole rings is 2. The van der Waals surface area contributed by atoms with Gasteiger partial charge < -0.3 is 9.47 Å². The minimum atomic E-state index is -0.637. The van der Waals surface area contributed by atoms with Gasteiger partial charge in [0.05, 0.1) is 9.75 Å². The van der Waals surface area contributed by atoms with E-state index in [1.165, 1.54) is 22.7 Å². The van der Waals surface area contributed by atoms with E-state index in [0.29, 0.717) is 54.6 Å². The van der Waals surface area contributed by atoms with E-state index < -0.39 is 11.2 Å². The second-order valence-electron chi connectivity index (χ2n) is 18.0. The molecule has 4 aromatic rings. The lowest BCUT2D eigenvalue weighted by molar-refractivity contribution is -0.0374. The molecule has 12 rings (SSSR count). The van der Waals surface area contributed by atoms with Crippen molar-refractivity contribution in [3.05, 3.63) is 160 Å². The van der Waals surface area contributed by atoms with Gasteiger partial charge in [-0.25, -0.2) is 9.97 Å². The van der Waals surface area contributed by atoms with Gasteiger partial charge in [0.2, 0.25) is 0 Å². The first-order valence-electron chi connectivity index (χ1n) is 22.4. The summed E-state index contributed by atoms with van der Waals surface area (Å²) >= 11 is 3.03. The summed E-state index contributed by atoms with van der Waals surface area (Å²) < 4.78 is 14.4. The highest BCUT2D eigenvalue weighted by Crippen LogP contribution is 2.58. The van der Waals surface area contributed by atoms with Crippen molar-refractivity contribution in [3.8, 4) is 24.3 Å². The number of aromatic nitrogens is 2. The lowest BCUT2D eigenvalue weighted by Crippen LogP contribution is -2.38. The third kappa shape index (κ3) is 5.85. The van der Waals surface area contributed by atoms with Crippen LogP contribution in [0.2, 0.25) is 0 Å². The van der Waals surface area contributed by atoms with Crippen LogP contribution in [-0.4, -0.2) is 21.5 Å². The molecule has 0 N–H and O–H groups in total. The van der Waals surface area contributed by atoms with Crippen molar-refractivity contribution in [2.75, 3.05) is 0 Å². The molecular weight excluding hydrogens is 861 g/mol. The molecule has 10 nitrogen and oxygen atoms in total. The second-order valence-corrected chi connectivity index (χ2v) is 20.0. The van der Waals surface area contributed by atoms with E-state index in [4.69, 9.17) is 19.4 Å². The van der Waals surface area contributed by atoms with Crippen LogP contribution in [0.25, 0.3) is 34.4 Å². The number of nitrogens with zero attached hydrogens (tertiary/aromatic N) is 6. The van der Waals surface area contributed by atoms with E-state index in [-0.39, 0.29) is 34.5 Å². The molecule has 0 saturated heterocycles. The van der Waals surface area contributed by atoms with Gasteiger partial charge in [-0.3, -0.25) is 9.59 Å². The highest BCUT2D eigenvalue weighted by molar-refractivity contribution is 7.14. The van der Waals surface area contributed by atoms with Crippen LogP contribution in [-0.2, 0) is 20.7 Å². The summed E-state index contributed by atoms with van der Waals surface area (Å²) in [7, 11) is 0. The van der Waals surface area contributed by atoms with Gasteiger partial charge in [0.25, 0.3) is 0 Å². The molecule has 12 heteroatoms. The molecule has 66 heavy (non-hydrogen) atoms. The highest BCUT2D eigenvalue weighted by atomic mass is 32.1. The number of ketones is 2. The molecular formula is C54H36N6O4S2. The third-order valence-electron chi connectivity index (χ3n) is 14.3. The average Bonchev–Trinajstić information content (AvgIpc) is 4.11. The van der Waals surface area contributed by atoms with E-state index in [2.05, 4.69) is 24.3 Å². The summed E-state index contributed by atoms with van der Waals surface area (Å²) in [6.45, 7) is 0. The molecule has 0 radical (unpaired) electrons. The van der Waals surface area contributed by atoms with Crippen molar-refractivity contribution >= 4 is 68.7 Å². The number of hydrogen-bond donors (Lipinski definition) is 0. The zero-order valence-corrected chi connectivity index (χ0v) is 37.1. The maximum atomic E-state index is 13.9. The van der Waals surface area contributed by atoms with Gasteiger partial charge in [-0.1, -0.05) is 73.5 Å². The van der Waals surface area contributed by atoms with Crippen LogP contribution >= 0.6 is 22.7 Å². The van der Waals surface area contributed by atoms with Crippen LogP contribution in [0.3, 0.4) is 0 Å². The fourth-order valence-corrected chi connectivity index (χ4v) is 13.6. The van der Waals surface area contributed by atoms with Crippen molar-refractivity contribution in [1.29, 1.82) is 21.0 Å². The first-order valence-corrected chi connectivity index (χ1v) is 24.0. The maximum absolute atomic E-state index is 13.9. The van der Waals surface area contributed by atoms with Crippen molar-refractivity contribution in [1.82, 2.24) is 9.97 Å². The largest absolute Gasteiger partial charge is 0.481 e. The SMILES string of the molecule is N#CC(C#N)=C1/C(=C/c2nc3c(s2)C2=CC4C=C5OC6(CCCCC6)c6nc(/C=C7\C(=O)c8ccccc8C7=C(C#N)C#N)sc6C5=CC4C=C2OC32CCCCC2)C(=O)c2ccccc21. The van der Waals surface area contributed by atoms with Crippen LogP contribution in [0.1, 0.15) is 127 Å². The van der Waals surface area contributed by atoms with Crippen molar-refractivity contribution < 1.29 is 19.1 Å². The minimum absolute atomic E-state index is 0.0630. The van der Waals surface area contributed by atoms with Gasteiger partial charge in [0.1, 0.15) is 68.3 Å². The number of benzene rings is 2. The predicted octanol–water partition coefficient (Wildman–Crippen LogP) is 11.6. The Balaban J connectivity index is 0.961. The summed E-state index contributed by atoms with van der Waals surface area (Å²) in [4.78, 5) is 40.3. The van der Waals surface area contributed by atoms with Gasteiger partial charge >= 0.3 is 0 Å². The normalized spacial score (nSPS) is 23.4. The minimum Gasteiger partial charge on any atom is -0.481 e. The first-order chi connectivity index (χ1) is 32.3. The molecule has 0 amide bonds. The van der Waals surface area contributed by atoms with Crippen LogP contribution in [0, 0.1) is 57.2 Å². The smallest absolute Gasteiger partial charge is 0.194 e. The molecule has 8 aliphatic rings. The van der Waals surface area contributed by atoms with E-state index in [1.807, 2.05) is 24.3 Å². The molecule has 2 fully saturated rings. The standard InChI is InChI=1S/C54H36N6O4S2/c55-25-31(26-56)45-33-11-3-5-13-35(33)47(61)39(45)23-43-59-51-49(65-43)37-19-30-22-42-38(20-29(30)21-41(37)63-53(51)15-7-1-8-16-53)50-52(54(64-42)17-9-2-10-18-54)60-44(66-50)24-40-46(32(27-57)28-58)34-12-4-6-14-36(34)48(40)62/h3-6,11-14,19-24,29-30H,1-2,7-10,15-18H2/b39-23-,40-24-. The predicted molar refractivity (Wildman–Crippen MR) is 249 cm³/mol. The molecule has 6 aliphatic carbocycles. The molecule has 0 bridgehead atoms. The fourth-order valence-electron chi connectivity index (χ4n) is 11.3. The van der Waals surface area contributed by atoms with Gasteiger partial charge in [-0.05, 0) is 86.8 Å². The molecule has 2 atom stereocenters.